The van der Waals surface area contributed by atoms with Gasteiger partial charge in [-0.2, -0.15) is 0 Å². The molecule has 27 heavy (non-hydrogen) atoms. The summed E-state index contributed by atoms with van der Waals surface area (Å²) in [5, 5.41) is 20.5. The summed E-state index contributed by atoms with van der Waals surface area (Å²) in [5.74, 6) is -0.712. The number of hydrogen-bond donors (Lipinski definition) is 4. The maximum absolute atomic E-state index is 11.7. The molecule has 0 radical (unpaired) electrons. The zero-order chi connectivity index (χ0) is 19.6. The maximum atomic E-state index is 11.7. The van der Waals surface area contributed by atoms with Crippen LogP contribution in [-0.4, -0.2) is 72.9 Å². The van der Waals surface area contributed by atoms with Gasteiger partial charge in [0.2, 0.25) is 0 Å². The van der Waals surface area contributed by atoms with E-state index >= 15 is 0 Å². The van der Waals surface area contributed by atoms with E-state index in [1.807, 2.05) is 0 Å². The smallest absolute Gasteiger partial charge is 0.306 e. The molecule has 1 saturated heterocycles. The Kier molecular flexibility index (Phi) is 5.60. The molecule has 1 aliphatic rings. The van der Waals surface area contributed by atoms with Gasteiger partial charge in [0, 0.05) is 6.42 Å². The van der Waals surface area contributed by atoms with Gasteiger partial charge >= 0.3 is 5.97 Å². The maximum Gasteiger partial charge on any atom is 0.306 e. The van der Waals surface area contributed by atoms with Gasteiger partial charge in [-0.05, 0) is 0 Å². The molecule has 0 aromatic carbocycles. The highest BCUT2D eigenvalue weighted by Crippen LogP contribution is 2.32. The highest BCUT2D eigenvalue weighted by Gasteiger charge is 2.44. The second kappa shape index (κ2) is 7.92. The SMILES string of the molecule is NCC(=O)CCC(=O)OC[C@H]1O[C@@H](n2cnc3c(N)ncnc32)[C@H](O)[C@@H]1O. The quantitative estimate of drug-likeness (QED) is 0.384. The lowest BCUT2D eigenvalue weighted by Crippen LogP contribution is -2.34. The van der Waals surface area contributed by atoms with Crippen molar-refractivity contribution >= 4 is 28.7 Å². The van der Waals surface area contributed by atoms with Gasteiger partial charge in [-0.15, -0.1) is 0 Å². The van der Waals surface area contributed by atoms with E-state index < -0.39 is 30.5 Å². The first-order valence-electron chi connectivity index (χ1n) is 8.24. The second-order valence-corrected chi connectivity index (χ2v) is 6.06. The van der Waals surface area contributed by atoms with E-state index in [0.29, 0.717) is 11.2 Å². The van der Waals surface area contributed by atoms with Gasteiger partial charge in [-0.1, -0.05) is 0 Å². The Morgan fingerprint density at radius 3 is 2.74 bits per heavy atom. The van der Waals surface area contributed by atoms with E-state index in [0.717, 1.165) is 0 Å². The first-order chi connectivity index (χ1) is 12.9. The number of hydrogen-bond acceptors (Lipinski definition) is 11. The van der Waals surface area contributed by atoms with Crippen molar-refractivity contribution in [1.82, 2.24) is 19.5 Å². The summed E-state index contributed by atoms with van der Waals surface area (Å²) in [7, 11) is 0. The number of aromatic nitrogens is 4. The molecule has 0 unspecified atom stereocenters. The first-order valence-corrected chi connectivity index (χ1v) is 8.24. The molecule has 0 saturated carbocycles. The summed E-state index contributed by atoms with van der Waals surface area (Å²) in [4.78, 5) is 34.8. The molecule has 0 bridgehead atoms. The van der Waals surface area contributed by atoms with Crippen molar-refractivity contribution in [3.8, 4) is 0 Å². The third-order valence-electron chi connectivity index (χ3n) is 4.24. The number of esters is 1. The van der Waals surface area contributed by atoms with Gasteiger partial charge in [0.15, 0.2) is 17.7 Å². The lowest BCUT2D eigenvalue weighted by molar-refractivity contribution is -0.150. The van der Waals surface area contributed by atoms with Crippen molar-refractivity contribution in [3.05, 3.63) is 12.7 Å². The van der Waals surface area contributed by atoms with Gasteiger partial charge in [0.25, 0.3) is 0 Å². The first kappa shape index (κ1) is 19.1. The van der Waals surface area contributed by atoms with E-state index in [1.165, 1.54) is 17.2 Å². The topological polar surface area (TPSA) is 189 Å². The third kappa shape index (κ3) is 3.88. The molecule has 2 aromatic heterocycles. The summed E-state index contributed by atoms with van der Waals surface area (Å²) < 4.78 is 12.1. The standard InChI is InChI=1S/C15H20N6O6/c16-3-7(22)1-2-9(23)26-4-8-11(24)12(25)15(27-8)21-6-20-10-13(17)18-5-19-14(10)21/h5-6,8,11-12,15,24-25H,1-4,16H2,(H2,17,18,19)/t8-,11-,12-,15-/m1/s1. The molecule has 6 N–H and O–H groups in total. The molecule has 12 nitrogen and oxygen atoms in total. The molecule has 1 aliphatic heterocycles. The fourth-order valence-corrected chi connectivity index (χ4v) is 2.74. The molecule has 2 aromatic rings. The van der Waals surface area contributed by atoms with Crippen LogP contribution in [0.1, 0.15) is 19.1 Å². The number of carbonyl (C=O) groups is 2. The average molecular weight is 380 g/mol. The highest BCUT2D eigenvalue weighted by atomic mass is 16.6. The van der Waals surface area contributed by atoms with Crippen LogP contribution in [-0.2, 0) is 19.1 Å². The summed E-state index contributed by atoms with van der Waals surface area (Å²) in [6.45, 7) is -0.424. The molecule has 3 heterocycles. The third-order valence-corrected chi connectivity index (χ3v) is 4.24. The van der Waals surface area contributed by atoms with Crippen LogP contribution in [0.2, 0.25) is 0 Å². The number of aliphatic hydroxyl groups is 2. The van der Waals surface area contributed by atoms with Crippen LogP contribution in [0.15, 0.2) is 12.7 Å². The zero-order valence-electron chi connectivity index (χ0n) is 14.3. The Hall–Kier alpha value is -2.67. The number of fused-ring (bicyclic) bond motifs is 1. The van der Waals surface area contributed by atoms with E-state index in [1.54, 1.807) is 0 Å². The minimum atomic E-state index is -1.30. The Labute approximate surface area is 153 Å². The van der Waals surface area contributed by atoms with Gasteiger partial charge in [0.05, 0.1) is 19.3 Å². The number of nitrogens with two attached hydrogens (primary N) is 2. The molecule has 0 aliphatic carbocycles. The number of ether oxygens (including phenoxy) is 2. The van der Waals surface area contributed by atoms with Crippen LogP contribution in [0.5, 0.6) is 0 Å². The van der Waals surface area contributed by atoms with Crippen LogP contribution in [0, 0.1) is 0 Å². The predicted octanol–water partition coefficient (Wildman–Crippen LogP) is -2.12. The van der Waals surface area contributed by atoms with Crippen molar-refractivity contribution in [3.63, 3.8) is 0 Å². The molecule has 4 atom stereocenters. The Balaban J connectivity index is 1.64. The lowest BCUT2D eigenvalue weighted by atomic mass is 10.1. The Morgan fingerprint density at radius 1 is 1.22 bits per heavy atom. The van der Waals surface area contributed by atoms with Crippen molar-refractivity contribution in [2.45, 2.75) is 37.4 Å². The minimum Gasteiger partial charge on any atom is -0.463 e. The van der Waals surface area contributed by atoms with Crippen LogP contribution in [0.4, 0.5) is 5.82 Å². The predicted molar refractivity (Wildman–Crippen MR) is 89.9 cm³/mol. The van der Waals surface area contributed by atoms with E-state index in [2.05, 4.69) is 15.0 Å². The van der Waals surface area contributed by atoms with Crippen LogP contribution in [0.3, 0.4) is 0 Å². The number of rotatable bonds is 7. The van der Waals surface area contributed by atoms with Crippen molar-refractivity contribution < 1.29 is 29.3 Å². The zero-order valence-corrected chi connectivity index (χ0v) is 14.3. The van der Waals surface area contributed by atoms with Crippen molar-refractivity contribution in [1.29, 1.82) is 0 Å². The number of nitrogens with zero attached hydrogens (tertiary/aromatic N) is 4. The highest BCUT2D eigenvalue weighted by molar-refractivity contribution is 5.84. The number of ketones is 1. The minimum absolute atomic E-state index is 0.0170. The molecule has 146 valence electrons. The number of carbonyl (C=O) groups excluding carboxylic acids is 2. The molecule has 0 spiro atoms. The van der Waals surface area contributed by atoms with Gasteiger partial charge < -0.3 is 31.2 Å². The van der Waals surface area contributed by atoms with Gasteiger partial charge in [-0.3, -0.25) is 14.2 Å². The van der Waals surface area contributed by atoms with Crippen LogP contribution >= 0.6 is 0 Å². The molecule has 12 heteroatoms. The summed E-state index contributed by atoms with van der Waals surface area (Å²) >= 11 is 0. The molecular formula is C15H20N6O6. The molecule has 1 fully saturated rings. The van der Waals surface area contributed by atoms with Crippen LogP contribution < -0.4 is 11.5 Å². The van der Waals surface area contributed by atoms with Gasteiger partial charge in [-0.25, -0.2) is 15.0 Å². The fraction of sp³-hybridized carbons (Fsp3) is 0.533. The van der Waals surface area contributed by atoms with E-state index in [-0.39, 0.29) is 37.6 Å². The Bertz CT molecular complexity index is 841. The van der Waals surface area contributed by atoms with E-state index in [9.17, 15) is 19.8 Å². The molecule has 3 rings (SSSR count). The summed E-state index contributed by atoms with van der Waals surface area (Å²) in [6, 6.07) is 0. The fourth-order valence-electron chi connectivity index (χ4n) is 2.74. The summed E-state index contributed by atoms with van der Waals surface area (Å²) in [6.07, 6.45) is -2.09. The normalized spacial score (nSPS) is 25.0. The van der Waals surface area contributed by atoms with Gasteiger partial charge in [0.1, 0.15) is 42.5 Å². The second-order valence-electron chi connectivity index (χ2n) is 6.06. The summed E-state index contributed by atoms with van der Waals surface area (Å²) in [5.41, 5.74) is 11.6. The number of imidazole rings is 1. The number of Topliss-reactive ketones (excluding diaryl/α,β-unsaturated/α-hetero) is 1. The van der Waals surface area contributed by atoms with E-state index in [4.69, 9.17) is 20.9 Å². The van der Waals surface area contributed by atoms with Crippen LogP contribution in [0.25, 0.3) is 11.2 Å². The number of nitrogen functional groups attached to an aromatic ring is 1. The largest absolute Gasteiger partial charge is 0.463 e. The number of anilines is 1. The van der Waals surface area contributed by atoms with Crippen molar-refractivity contribution in [2.24, 2.45) is 5.73 Å². The molecular weight excluding hydrogens is 360 g/mol. The molecule has 0 amide bonds. The average Bonchev–Trinajstić information content (AvgIpc) is 3.21. The Morgan fingerprint density at radius 2 is 2.00 bits per heavy atom. The monoisotopic (exact) mass is 380 g/mol. The number of aliphatic hydroxyl groups excluding tert-OH is 2. The lowest BCUT2D eigenvalue weighted by Gasteiger charge is -2.16. The van der Waals surface area contributed by atoms with Crippen molar-refractivity contribution in [2.75, 3.05) is 18.9 Å².